The average Bonchev–Trinajstić information content (AvgIpc) is 2.99. The smallest absolute Gasteiger partial charge is 0.258 e. The monoisotopic (exact) mass is 270 g/mol. The van der Waals surface area contributed by atoms with E-state index < -0.39 is 0 Å². The summed E-state index contributed by atoms with van der Waals surface area (Å²) in [6, 6.07) is 11.3. The zero-order valence-corrected chi connectivity index (χ0v) is 11.2. The van der Waals surface area contributed by atoms with E-state index in [1.807, 2.05) is 30.3 Å². The predicted molar refractivity (Wildman–Crippen MR) is 75.1 cm³/mol. The Balaban J connectivity index is 1.80. The van der Waals surface area contributed by atoms with Crippen molar-refractivity contribution in [2.75, 3.05) is 0 Å². The Kier molecular flexibility index (Phi) is 3.35. The molecule has 0 fully saturated rings. The van der Waals surface area contributed by atoms with Gasteiger partial charge in [0.05, 0.1) is 17.2 Å². The van der Waals surface area contributed by atoms with E-state index in [4.69, 9.17) is 4.42 Å². The van der Waals surface area contributed by atoms with Crippen LogP contribution in [0.4, 0.5) is 0 Å². The van der Waals surface area contributed by atoms with Crippen molar-refractivity contribution in [1.82, 2.24) is 9.97 Å². The number of para-hydroxylation sites is 1. The zero-order valence-electron chi connectivity index (χ0n) is 11.2. The number of quaternary nitrogens is 1. The molecular formula is C15H16N3O2+. The summed E-state index contributed by atoms with van der Waals surface area (Å²) in [4.78, 5) is 19.2. The number of aromatic nitrogens is 2. The fourth-order valence-corrected chi connectivity index (χ4v) is 2.19. The van der Waals surface area contributed by atoms with Gasteiger partial charge in [-0.25, -0.2) is 4.98 Å². The van der Waals surface area contributed by atoms with Gasteiger partial charge < -0.3 is 14.7 Å². The van der Waals surface area contributed by atoms with Gasteiger partial charge in [-0.3, -0.25) is 4.79 Å². The standard InChI is InChI=1S/C15H15N3O2/c1-10(13-7-4-8-20-13)16-9-14-17-12-6-3-2-5-11(12)15(19)18-14/h2-8,10,16H,9H2,1H3,(H,17,18,19)/p+1/t10-/m0/s1. The Labute approximate surface area is 115 Å². The molecule has 0 aliphatic carbocycles. The highest BCUT2D eigenvalue weighted by molar-refractivity contribution is 5.77. The Morgan fingerprint density at radius 1 is 1.30 bits per heavy atom. The molecule has 2 aromatic heterocycles. The molecule has 20 heavy (non-hydrogen) atoms. The molecule has 0 bridgehead atoms. The average molecular weight is 270 g/mol. The molecule has 0 spiro atoms. The third-order valence-electron chi connectivity index (χ3n) is 3.32. The van der Waals surface area contributed by atoms with E-state index in [9.17, 15) is 4.79 Å². The summed E-state index contributed by atoms with van der Waals surface area (Å²) >= 11 is 0. The van der Waals surface area contributed by atoms with Crippen LogP contribution >= 0.6 is 0 Å². The second-order valence-electron chi connectivity index (χ2n) is 4.77. The molecule has 0 aliphatic rings. The molecule has 5 heteroatoms. The van der Waals surface area contributed by atoms with Crippen LogP contribution in [-0.2, 0) is 6.54 Å². The molecule has 0 unspecified atom stereocenters. The minimum atomic E-state index is -0.0929. The van der Waals surface area contributed by atoms with Crippen molar-refractivity contribution >= 4 is 10.9 Å². The first-order valence-electron chi connectivity index (χ1n) is 6.59. The molecule has 5 nitrogen and oxygen atoms in total. The van der Waals surface area contributed by atoms with Gasteiger partial charge in [-0.2, -0.15) is 0 Å². The van der Waals surface area contributed by atoms with Crippen molar-refractivity contribution in [3.63, 3.8) is 0 Å². The number of nitrogens with zero attached hydrogens (tertiary/aromatic N) is 1. The van der Waals surface area contributed by atoms with Crippen LogP contribution in [0.3, 0.4) is 0 Å². The van der Waals surface area contributed by atoms with Crippen LogP contribution in [0, 0.1) is 0 Å². The summed E-state index contributed by atoms with van der Waals surface area (Å²) in [5, 5.41) is 2.70. The molecular weight excluding hydrogens is 254 g/mol. The van der Waals surface area contributed by atoms with Crippen LogP contribution in [-0.4, -0.2) is 9.97 Å². The van der Waals surface area contributed by atoms with Gasteiger partial charge in [-0.1, -0.05) is 12.1 Å². The molecule has 0 aliphatic heterocycles. The second kappa shape index (κ2) is 5.30. The fourth-order valence-electron chi connectivity index (χ4n) is 2.19. The van der Waals surface area contributed by atoms with Gasteiger partial charge in [0.25, 0.3) is 5.56 Å². The highest BCUT2D eigenvalue weighted by Crippen LogP contribution is 2.08. The number of hydrogen-bond acceptors (Lipinski definition) is 3. The van der Waals surface area contributed by atoms with Gasteiger partial charge >= 0.3 is 0 Å². The molecule has 3 rings (SSSR count). The van der Waals surface area contributed by atoms with Crippen molar-refractivity contribution in [2.45, 2.75) is 19.5 Å². The van der Waals surface area contributed by atoms with Gasteiger partial charge in [-0.15, -0.1) is 0 Å². The Bertz CT molecular complexity index is 762. The minimum absolute atomic E-state index is 0.0929. The summed E-state index contributed by atoms with van der Waals surface area (Å²) in [6.07, 6.45) is 1.66. The summed E-state index contributed by atoms with van der Waals surface area (Å²) in [7, 11) is 0. The number of H-pyrrole nitrogens is 1. The van der Waals surface area contributed by atoms with Crippen LogP contribution in [0.5, 0.6) is 0 Å². The third-order valence-corrected chi connectivity index (χ3v) is 3.32. The Hall–Kier alpha value is -2.40. The summed E-state index contributed by atoms with van der Waals surface area (Å²) < 4.78 is 5.35. The van der Waals surface area contributed by atoms with Crippen LogP contribution in [0.25, 0.3) is 10.9 Å². The first-order chi connectivity index (χ1) is 9.74. The number of nitrogens with one attached hydrogen (secondary N) is 1. The van der Waals surface area contributed by atoms with Gasteiger partial charge in [0.2, 0.25) is 0 Å². The maximum atomic E-state index is 11.9. The fraction of sp³-hybridized carbons (Fsp3) is 0.200. The van der Waals surface area contributed by atoms with Gasteiger partial charge in [0.15, 0.2) is 11.6 Å². The topological polar surface area (TPSA) is 75.5 Å². The molecule has 0 radical (unpaired) electrons. The first kappa shape index (κ1) is 12.6. The van der Waals surface area contributed by atoms with Crippen LogP contribution in [0.15, 0.2) is 51.9 Å². The molecule has 1 aromatic carbocycles. The lowest BCUT2D eigenvalue weighted by Gasteiger charge is -2.07. The van der Waals surface area contributed by atoms with E-state index in [1.165, 1.54) is 0 Å². The summed E-state index contributed by atoms with van der Waals surface area (Å²) in [5.41, 5.74) is 0.634. The van der Waals surface area contributed by atoms with Gasteiger partial charge in [0, 0.05) is 0 Å². The number of fused-ring (bicyclic) bond motifs is 1. The number of rotatable bonds is 4. The highest BCUT2D eigenvalue weighted by atomic mass is 16.3. The molecule has 3 N–H and O–H groups in total. The second-order valence-corrected chi connectivity index (χ2v) is 4.77. The Morgan fingerprint density at radius 3 is 2.95 bits per heavy atom. The van der Waals surface area contributed by atoms with Gasteiger partial charge in [-0.05, 0) is 31.2 Å². The third kappa shape index (κ3) is 2.48. The molecule has 102 valence electrons. The van der Waals surface area contributed by atoms with Gasteiger partial charge in [0.1, 0.15) is 12.6 Å². The zero-order chi connectivity index (χ0) is 13.9. The SMILES string of the molecule is C[C@H]([NH2+]Cc1nc2ccccc2c(=O)[nH]1)c1ccco1. The van der Waals surface area contributed by atoms with E-state index in [-0.39, 0.29) is 11.6 Å². The number of nitrogens with two attached hydrogens (primary N) is 1. The molecule has 1 atom stereocenters. The van der Waals surface area contributed by atoms with Crippen molar-refractivity contribution in [3.8, 4) is 0 Å². The maximum absolute atomic E-state index is 11.9. The lowest BCUT2D eigenvalue weighted by Crippen LogP contribution is -2.83. The van der Waals surface area contributed by atoms with E-state index in [1.54, 1.807) is 12.3 Å². The number of aromatic amines is 1. The molecule has 0 saturated heterocycles. The van der Waals surface area contributed by atoms with E-state index >= 15 is 0 Å². The quantitative estimate of drug-likeness (QED) is 0.751. The van der Waals surface area contributed by atoms with Crippen LogP contribution in [0.1, 0.15) is 24.6 Å². The van der Waals surface area contributed by atoms with Crippen molar-refractivity contribution in [3.05, 3.63) is 64.6 Å². The number of furan rings is 1. The molecule has 3 aromatic rings. The number of benzene rings is 1. The first-order valence-corrected chi connectivity index (χ1v) is 6.59. The summed E-state index contributed by atoms with van der Waals surface area (Å²) in [6.45, 7) is 2.65. The van der Waals surface area contributed by atoms with E-state index in [2.05, 4.69) is 22.2 Å². The van der Waals surface area contributed by atoms with Crippen LogP contribution in [0.2, 0.25) is 0 Å². The molecule has 0 saturated carbocycles. The molecule has 0 amide bonds. The Morgan fingerprint density at radius 2 is 2.15 bits per heavy atom. The minimum Gasteiger partial charge on any atom is -0.463 e. The van der Waals surface area contributed by atoms with E-state index in [0.29, 0.717) is 17.8 Å². The lowest BCUT2D eigenvalue weighted by atomic mass is 10.2. The maximum Gasteiger partial charge on any atom is 0.258 e. The summed E-state index contributed by atoms with van der Waals surface area (Å²) in [5.74, 6) is 1.58. The lowest BCUT2D eigenvalue weighted by molar-refractivity contribution is -0.710. The van der Waals surface area contributed by atoms with Crippen molar-refractivity contribution in [1.29, 1.82) is 0 Å². The van der Waals surface area contributed by atoms with Crippen molar-refractivity contribution < 1.29 is 9.73 Å². The normalized spacial score (nSPS) is 12.7. The highest BCUT2D eigenvalue weighted by Gasteiger charge is 2.12. The van der Waals surface area contributed by atoms with Crippen LogP contribution < -0.4 is 10.9 Å². The van der Waals surface area contributed by atoms with Crippen molar-refractivity contribution in [2.24, 2.45) is 0 Å². The number of hydrogen-bond donors (Lipinski definition) is 2. The predicted octanol–water partition coefficient (Wildman–Crippen LogP) is 1.34. The van der Waals surface area contributed by atoms with E-state index in [0.717, 1.165) is 11.3 Å². The molecule has 2 heterocycles. The largest absolute Gasteiger partial charge is 0.463 e.